The lowest BCUT2D eigenvalue weighted by Gasteiger charge is -2.50. The molecule has 15 heteroatoms. The largest absolute Gasteiger partial charge is 0.462 e. The van der Waals surface area contributed by atoms with E-state index >= 15 is 0 Å². The third kappa shape index (κ3) is 14.2. The summed E-state index contributed by atoms with van der Waals surface area (Å²) in [4.78, 5) is 52.4. The normalized spacial score (nSPS) is 38.1. The third-order valence-electron chi connectivity index (χ3n) is 11.5. The van der Waals surface area contributed by atoms with E-state index in [9.17, 15) is 29.4 Å². The van der Waals surface area contributed by atoms with Gasteiger partial charge in [-0.3, -0.25) is 14.4 Å². The Hall–Kier alpha value is -2.24. The van der Waals surface area contributed by atoms with Gasteiger partial charge in [0.2, 0.25) is 0 Å². The fraction of sp³-hybridized carbons (Fsp3) is 0.905. The van der Waals surface area contributed by atoms with Crippen LogP contribution in [0, 0.1) is 17.8 Å². The van der Waals surface area contributed by atoms with Crippen LogP contribution in [0.1, 0.15) is 126 Å². The second kappa shape index (κ2) is 22.9. The molecule has 0 aliphatic carbocycles. The lowest BCUT2D eigenvalue weighted by molar-refractivity contribution is -0.344. The average Bonchev–Trinajstić information content (AvgIpc) is 3.09. The molecule has 0 bridgehead atoms. The Morgan fingerprint density at radius 2 is 1.68 bits per heavy atom. The van der Waals surface area contributed by atoms with Gasteiger partial charge < -0.3 is 57.8 Å². The van der Waals surface area contributed by atoms with Crippen molar-refractivity contribution in [3.8, 4) is 0 Å². The van der Waals surface area contributed by atoms with Gasteiger partial charge in [-0.15, -0.1) is 0 Å². The molecule has 15 nitrogen and oxygen atoms in total. The average molecular weight is 816 g/mol. The molecule has 3 aliphatic rings. The molecule has 0 spiro atoms. The van der Waals surface area contributed by atoms with Crippen molar-refractivity contribution in [1.29, 1.82) is 0 Å². The second-order valence-electron chi connectivity index (χ2n) is 17.4. The van der Waals surface area contributed by atoms with Crippen molar-refractivity contribution >= 4 is 24.2 Å². The van der Waals surface area contributed by atoms with Crippen LogP contribution in [0.15, 0.2) is 0 Å². The molecule has 3 aliphatic heterocycles. The molecule has 6 unspecified atom stereocenters. The highest BCUT2D eigenvalue weighted by atomic mass is 16.7. The van der Waals surface area contributed by atoms with Crippen molar-refractivity contribution in [3.05, 3.63) is 0 Å². The van der Waals surface area contributed by atoms with Crippen LogP contribution >= 0.6 is 0 Å². The van der Waals surface area contributed by atoms with Crippen LogP contribution in [0.5, 0.6) is 0 Å². The monoisotopic (exact) mass is 816 g/mol. The van der Waals surface area contributed by atoms with Crippen LogP contribution < -0.4 is 0 Å². The lowest BCUT2D eigenvalue weighted by atomic mass is 9.81. The Balaban J connectivity index is 1.90. The molecule has 2 N–H and O–H groups in total. The number of likely N-dealkylation sites (N-methyl/N-ethyl adjacent to an activating group) is 1. The van der Waals surface area contributed by atoms with Gasteiger partial charge in [-0.25, -0.2) is 0 Å². The first kappa shape index (κ1) is 49.1. The van der Waals surface area contributed by atoms with E-state index in [0.29, 0.717) is 12.8 Å². The van der Waals surface area contributed by atoms with Crippen molar-refractivity contribution in [2.45, 2.75) is 205 Å². The van der Waals surface area contributed by atoms with E-state index in [1.54, 1.807) is 39.8 Å². The quantitative estimate of drug-likeness (QED) is 0.0853. The first-order chi connectivity index (χ1) is 26.8. The molecular formula is C42H73NO14. The summed E-state index contributed by atoms with van der Waals surface area (Å²) in [6, 6.07) is -0.718. The van der Waals surface area contributed by atoms with E-state index in [1.807, 2.05) is 20.8 Å². The van der Waals surface area contributed by atoms with E-state index in [4.69, 9.17) is 37.9 Å². The summed E-state index contributed by atoms with van der Waals surface area (Å²) >= 11 is 0. The molecule has 0 amide bonds. The highest BCUT2D eigenvalue weighted by molar-refractivity contribution is 5.72. The van der Waals surface area contributed by atoms with Crippen LogP contribution in [0.25, 0.3) is 0 Å². The number of aliphatic hydroxyl groups excluding tert-OH is 1. The predicted octanol–water partition coefficient (Wildman–Crippen LogP) is 4.49. The minimum atomic E-state index is -1.47. The molecule has 3 rings (SSSR count). The fourth-order valence-corrected chi connectivity index (χ4v) is 8.68. The SMILES string of the molecule is CCCCCCCC1OC(=O)CC(OC(C)=O)C(OC)C(O[C@@H]2O[C@H](C)[C@@H](O[C@H]3C[C@@](C)(O)[C@@H](OC(=O)CC(C)C)[C@H](C)O3)[C@H](N(C)C)[C@H]2O)C(CC=O)CC1C. The predicted molar refractivity (Wildman–Crippen MR) is 209 cm³/mol. The Morgan fingerprint density at radius 1 is 1.00 bits per heavy atom. The molecular weight excluding hydrogens is 742 g/mol. The molecule has 0 saturated carbocycles. The van der Waals surface area contributed by atoms with E-state index < -0.39 is 103 Å². The lowest BCUT2D eigenvalue weighted by Crippen LogP contribution is -2.66. The van der Waals surface area contributed by atoms with E-state index in [2.05, 4.69) is 6.92 Å². The van der Waals surface area contributed by atoms with E-state index in [0.717, 1.165) is 38.4 Å². The highest BCUT2D eigenvalue weighted by Crippen LogP contribution is 2.38. The highest BCUT2D eigenvalue weighted by Gasteiger charge is 2.53. The molecule has 0 aromatic rings. The number of carbonyl (C=O) groups is 4. The number of rotatable bonds is 18. The maximum atomic E-state index is 13.4. The van der Waals surface area contributed by atoms with Crippen LogP contribution in [-0.4, -0.2) is 140 Å². The van der Waals surface area contributed by atoms with Crippen molar-refractivity contribution in [3.63, 3.8) is 0 Å². The number of aliphatic hydroxyl groups is 2. The topological polar surface area (TPSA) is 186 Å². The molecule has 0 aromatic carbocycles. The summed E-state index contributed by atoms with van der Waals surface area (Å²) in [6.07, 6.45) is -3.13. The zero-order valence-electron chi connectivity index (χ0n) is 36.3. The maximum Gasteiger partial charge on any atom is 0.309 e. The number of unbranched alkanes of at least 4 members (excludes halogenated alkanes) is 4. The zero-order valence-corrected chi connectivity index (χ0v) is 36.3. The van der Waals surface area contributed by atoms with Gasteiger partial charge in [-0.05, 0) is 71.9 Å². The molecule has 3 heterocycles. The Bertz CT molecular complexity index is 1260. The zero-order chi connectivity index (χ0) is 42.6. The van der Waals surface area contributed by atoms with Gasteiger partial charge in [0.15, 0.2) is 18.7 Å². The number of methoxy groups -OCH3 is 1. The van der Waals surface area contributed by atoms with Gasteiger partial charge in [0.1, 0.15) is 42.4 Å². The summed E-state index contributed by atoms with van der Waals surface area (Å²) in [5, 5.41) is 23.5. The minimum absolute atomic E-state index is 0.0147. The number of esters is 3. The van der Waals surface area contributed by atoms with Crippen molar-refractivity contribution in [1.82, 2.24) is 4.90 Å². The van der Waals surface area contributed by atoms with Gasteiger partial charge in [0.05, 0.1) is 30.8 Å². The summed E-state index contributed by atoms with van der Waals surface area (Å²) in [5.74, 6) is -2.16. The molecule has 0 aromatic heterocycles. The number of nitrogens with zero attached hydrogens (tertiary/aromatic N) is 1. The van der Waals surface area contributed by atoms with Crippen LogP contribution in [0.3, 0.4) is 0 Å². The molecule has 57 heavy (non-hydrogen) atoms. The van der Waals surface area contributed by atoms with Crippen LogP contribution in [0.2, 0.25) is 0 Å². The van der Waals surface area contributed by atoms with Crippen molar-refractivity contribution < 1.29 is 67.3 Å². The Labute approximate surface area is 340 Å². The van der Waals surface area contributed by atoms with Crippen molar-refractivity contribution in [2.24, 2.45) is 17.8 Å². The summed E-state index contributed by atoms with van der Waals surface area (Å²) in [6.45, 7) is 14.3. The summed E-state index contributed by atoms with van der Waals surface area (Å²) < 4.78 is 49.1. The van der Waals surface area contributed by atoms with Gasteiger partial charge in [-0.1, -0.05) is 53.4 Å². The number of hydrogen-bond donors (Lipinski definition) is 2. The Kier molecular flexibility index (Phi) is 19.8. The second-order valence-corrected chi connectivity index (χ2v) is 17.4. The van der Waals surface area contributed by atoms with Gasteiger partial charge >= 0.3 is 17.9 Å². The first-order valence-corrected chi connectivity index (χ1v) is 21.0. The first-order valence-electron chi connectivity index (χ1n) is 21.0. The molecule has 15 atom stereocenters. The smallest absolute Gasteiger partial charge is 0.309 e. The molecule has 0 radical (unpaired) electrons. The maximum absolute atomic E-state index is 13.4. The van der Waals surface area contributed by atoms with Gasteiger partial charge in [0.25, 0.3) is 0 Å². The summed E-state index contributed by atoms with van der Waals surface area (Å²) in [7, 11) is 4.98. The van der Waals surface area contributed by atoms with Crippen LogP contribution in [0.4, 0.5) is 0 Å². The number of carbonyl (C=O) groups excluding carboxylic acids is 4. The van der Waals surface area contributed by atoms with Crippen LogP contribution in [-0.2, 0) is 57.1 Å². The number of aldehydes is 1. The third-order valence-corrected chi connectivity index (χ3v) is 11.5. The molecule has 3 saturated heterocycles. The van der Waals surface area contributed by atoms with Crippen molar-refractivity contribution in [2.75, 3.05) is 21.2 Å². The minimum Gasteiger partial charge on any atom is -0.462 e. The Morgan fingerprint density at radius 3 is 2.26 bits per heavy atom. The summed E-state index contributed by atoms with van der Waals surface area (Å²) in [5.41, 5.74) is -1.47. The van der Waals surface area contributed by atoms with E-state index in [1.165, 1.54) is 14.0 Å². The molecule has 3 fully saturated rings. The van der Waals surface area contributed by atoms with E-state index in [-0.39, 0.29) is 37.5 Å². The standard InChI is InChI=1S/C42H73NO14/c1-12-13-14-15-16-17-30-25(4)21-29(18-19-44)38(39(50-11)31(53-28(7)45)22-33(47)54-30)57-41-36(48)35(43(9)10)37(26(5)52-41)56-34-23-42(8,49)40(27(6)51-34)55-32(46)20-24(2)3/h19,24-27,29-31,34-41,48-49H,12-18,20-23H2,1-11H3/t25?,26-,27+,29?,30?,31?,34+,35-,36-,37-,38?,39?,40+,41+,42-/m1/s1. The number of cyclic esters (lactones) is 1. The fourth-order valence-electron chi connectivity index (χ4n) is 8.68. The van der Waals surface area contributed by atoms with Gasteiger partial charge in [-0.2, -0.15) is 0 Å². The van der Waals surface area contributed by atoms with Gasteiger partial charge in [0, 0.05) is 33.3 Å². The number of ether oxygens (including phenoxy) is 8. The molecule has 330 valence electrons. The number of hydrogen-bond acceptors (Lipinski definition) is 15.